The van der Waals surface area contributed by atoms with Gasteiger partial charge in [-0.25, -0.2) is 4.39 Å². The molecule has 0 bridgehead atoms. The average Bonchev–Trinajstić information content (AvgIpc) is 2.74. The molecule has 1 aliphatic rings. The third-order valence-corrected chi connectivity index (χ3v) is 5.34. The standard InChI is InChI=1S/C22H27FN2O4/c1-27-19-6-4-16(21(14-19)29-3)13-22(26)25-10-8-24(9-11-25)15-17-12-18(23)5-7-20(17)28-2/h4-7,12,14H,8-11,13,15H2,1-3H3/p+1. The van der Waals surface area contributed by atoms with Gasteiger partial charge in [0.2, 0.25) is 5.91 Å². The summed E-state index contributed by atoms with van der Waals surface area (Å²) >= 11 is 0. The van der Waals surface area contributed by atoms with Crippen molar-refractivity contribution < 1.29 is 28.3 Å². The van der Waals surface area contributed by atoms with Gasteiger partial charge >= 0.3 is 0 Å². The van der Waals surface area contributed by atoms with E-state index in [4.69, 9.17) is 14.2 Å². The molecule has 0 unspecified atom stereocenters. The minimum absolute atomic E-state index is 0.0795. The molecular weight excluding hydrogens is 375 g/mol. The molecule has 1 aliphatic heterocycles. The maximum atomic E-state index is 13.6. The van der Waals surface area contributed by atoms with Crippen LogP contribution >= 0.6 is 0 Å². The highest BCUT2D eigenvalue weighted by atomic mass is 19.1. The Kier molecular flexibility index (Phi) is 6.93. The molecule has 0 aliphatic carbocycles. The zero-order chi connectivity index (χ0) is 20.8. The number of halogens is 1. The maximum absolute atomic E-state index is 13.6. The number of amides is 1. The summed E-state index contributed by atoms with van der Waals surface area (Å²) in [6.07, 6.45) is 0.292. The number of rotatable bonds is 7. The van der Waals surface area contributed by atoms with Crippen LogP contribution in [-0.4, -0.2) is 58.3 Å². The molecule has 29 heavy (non-hydrogen) atoms. The van der Waals surface area contributed by atoms with Crippen molar-refractivity contribution in [3.05, 3.63) is 53.3 Å². The van der Waals surface area contributed by atoms with E-state index in [0.29, 0.717) is 43.3 Å². The Morgan fingerprint density at radius 1 is 0.966 bits per heavy atom. The van der Waals surface area contributed by atoms with E-state index in [2.05, 4.69) is 0 Å². The molecule has 1 N–H and O–H groups in total. The summed E-state index contributed by atoms with van der Waals surface area (Å²) in [7, 11) is 4.78. The van der Waals surface area contributed by atoms with Gasteiger partial charge in [-0.1, -0.05) is 6.07 Å². The first-order chi connectivity index (χ1) is 14.0. The van der Waals surface area contributed by atoms with Crippen LogP contribution in [0, 0.1) is 5.82 Å². The van der Waals surface area contributed by atoms with Gasteiger partial charge in [0.1, 0.15) is 29.6 Å². The molecule has 0 aromatic heterocycles. The predicted octanol–water partition coefficient (Wildman–Crippen LogP) is 1.32. The molecule has 0 spiro atoms. The minimum atomic E-state index is -0.262. The molecule has 1 heterocycles. The number of hydrogen-bond acceptors (Lipinski definition) is 4. The normalized spacial score (nSPS) is 14.6. The predicted molar refractivity (Wildman–Crippen MR) is 107 cm³/mol. The Labute approximate surface area is 170 Å². The quantitative estimate of drug-likeness (QED) is 0.758. The van der Waals surface area contributed by atoms with Gasteiger partial charge in [0, 0.05) is 11.6 Å². The Morgan fingerprint density at radius 3 is 2.34 bits per heavy atom. The zero-order valence-corrected chi connectivity index (χ0v) is 17.2. The van der Waals surface area contributed by atoms with Crippen LogP contribution < -0.4 is 19.1 Å². The fourth-order valence-electron chi connectivity index (χ4n) is 3.68. The molecule has 1 saturated heterocycles. The van der Waals surface area contributed by atoms with E-state index in [-0.39, 0.29) is 11.7 Å². The van der Waals surface area contributed by atoms with Crippen molar-refractivity contribution in [3.63, 3.8) is 0 Å². The third kappa shape index (κ3) is 5.17. The molecule has 2 aromatic carbocycles. The molecule has 2 aromatic rings. The number of carbonyl (C=O) groups excluding carboxylic acids is 1. The molecular formula is C22H28FN2O4+. The summed E-state index contributed by atoms with van der Waals surface area (Å²) in [5.41, 5.74) is 1.70. The van der Waals surface area contributed by atoms with Crippen LogP contribution in [0.3, 0.4) is 0 Å². The first-order valence-corrected chi connectivity index (χ1v) is 9.68. The molecule has 0 atom stereocenters. The van der Waals surface area contributed by atoms with Gasteiger partial charge in [0.05, 0.1) is 59.5 Å². The zero-order valence-electron chi connectivity index (χ0n) is 17.2. The lowest BCUT2D eigenvalue weighted by molar-refractivity contribution is -0.917. The van der Waals surface area contributed by atoms with E-state index in [1.807, 2.05) is 17.0 Å². The van der Waals surface area contributed by atoms with Crippen LogP contribution in [0.5, 0.6) is 17.2 Å². The van der Waals surface area contributed by atoms with Crippen molar-refractivity contribution in [1.29, 1.82) is 0 Å². The second-order valence-corrected chi connectivity index (χ2v) is 7.12. The summed E-state index contributed by atoms with van der Waals surface area (Å²) in [5.74, 6) is 1.87. The topological polar surface area (TPSA) is 52.4 Å². The molecule has 0 saturated carbocycles. The van der Waals surface area contributed by atoms with Crippen molar-refractivity contribution in [2.75, 3.05) is 47.5 Å². The van der Waals surface area contributed by atoms with E-state index in [1.165, 1.54) is 17.0 Å². The fraction of sp³-hybridized carbons (Fsp3) is 0.409. The summed E-state index contributed by atoms with van der Waals surface area (Å²) in [6, 6.07) is 10.1. The second-order valence-electron chi connectivity index (χ2n) is 7.12. The van der Waals surface area contributed by atoms with Crippen molar-refractivity contribution in [1.82, 2.24) is 4.90 Å². The van der Waals surface area contributed by atoms with Crippen LogP contribution in [0.15, 0.2) is 36.4 Å². The van der Waals surface area contributed by atoms with Crippen molar-refractivity contribution in [2.45, 2.75) is 13.0 Å². The van der Waals surface area contributed by atoms with E-state index in [0.717, 1.165) is 24.2 Å². The SMILES string of the molecule is COc1ccc(CC(=O)N2CC[NH+](Cc3cc(F)ccc3OC)CC2)c(OC)c1. The molecule has 3 rings (SSSR count). The molecule has 7 heteroatoms. The molecule has 1 fully saturated rings. The lowest BCUT2D eigenvalue weighted by Gasteiger charge is -2.32. The summed E-state index contributed by atoms with van der Waals surface area (Å²) < 4.78 is 29.5. The number of methoxy groups -OCH3 is 3. The fourth-order valence-corrected chi connectivity index (χ4v) is 3.68. The van der Waals surface area contributed by atoms with Crippen LogP contribution in [-0.2, 0) is 17.8 Å². The Morgan fingerprint density at radius 2 is 1.69 bits per heavy atom. The Hall–Kier alpha value is -2.80. The highest BCUT2D eigenvalue weighted by molar-refractivity contribution is 5.79. The number of nitrogens with zero attached hydrogens (tertiary/aromatic N) is 1. The lowest BCUT2D eigenvalue weighted by atomic mass is 10.1. The first-order valence-electron chi connectivity index (χ1n) is 9.68. The Bertz CT molecular complexity index is 851. The first kappa shape index (κ1) is 20.9. The number of benzene rings is 2. The highest BCUT2D eigenvalue weighted by Crippen LogP contribution is 2.25. The van der Waals surface area contributed by atoms with E-state index >= 15 is 0 Å². The highest BCUT2D eigenvalue weighted by Gasteiger charge is 2.25. The van der Waals surface area contributed by atoms with Gasteiger partial charge in [-0.2, -0.15) is 0 Å². The number of hydrogen-bond donors (Lipinski definition) is 1. The van der Waals surface area contributed by atoms with Crippen LogP contribution in [0.1, 0.15) is 11.1 Å². The number of piperazine rings is 1. The minimum Gasteiger partial charge on any atom is -0.497 e. The maximum Gasteiger partial charge on any atom is 0.227 e. The smallest absolute Gasteiger partial charge is 0.227 e. The summed E-state index contributed by atoms with van der Waals surface area (Å²) in [4.78, 5) is 16.0. The molecule has 0 radical (unpaired) electrons. The lowest BCUT2D eigenvalue weighted by Crippen LogP contribution is -3.13. The number of carbonyl (C=O) groups is 1. The van der Waals surface area contributed by atoms with Gasteiger partial charge in [-0.15, -0.1) is 0 Å². The van der Waals surface area contributed by atoms with Gasteiger partial charge < -0.3 is 24.0 Å². The van der Waals surface area contributed by atoms with Crippen molar-refractivity contribution >= 4 is 5.91 Å². The second kappa shape index (κ2) is 9.60. The van der Waals surface area contributed by atoms with Gasteiger partial charge in [0.25, 0.3) is 0 Å². The van der Waals surface area contributed by atoms with Gasteiger partial charge in [-0.3, -0.25) is 4.79 Å². The summed E-state index contributed by atoms with van der Waals surface area (Å²) in [6.45, 7) is 3.64. The van der Waals surface area contributed by atoms with Crippen LogP contribution in [0.2, 0.25) is 0 Å². The van der Waals surface area contributed by atoms with Gasteiger partial charge in [-0.05, 0) is 24.3 Å². The monoisotopic (exact) mass is 403 g/mol. The average molecular weight is 403 g/mol. The number of ether oxygens (including phenoxy) is 3. The third-order valence-electron chi connectivity index (χ3n) is 5.34. The number of nitrogens with one attached hydrogen (secondary N) is 1. The van der Waals surface area contributed by atoms with Crippen molar-refractivity contribution in [3.8, 4) is 17.2 Å². The van der Waals surface area contributed by atoms with Crippen LogP contribution in [0.4, 0.5) is 4.39 Å². The Balaban J connectivity index is 1.57. The largest absolute Gasteiger partial charge is 0.497 e. The molecule has 6 nitrogen and oxygen atoms in total. The molecule has 156 valence electrons. The van der Waals surface area contributed by atoms with E-state index in [9.17, 15) is 9.18 Å². The van der Waals surface area contributed by atoms with Crippen LogP contribution in [0.25, 0.3) is 0 Å². The van der Waals surface area contributed by atoms with E-state index < -0.39 is 0 Å². The molecule has 1 amide bonds. The number of quaternary nitrogens is 1. The van der Waals surface area contributed by atoms with Gasteiger partial charge in [0.15, 0.2) is 0 Å². The van der Waals surface area contributed by atoms with E-state index in [1.54, 1.807) is 33.5 Å². The summed E-state index contributed by atoms with van der Waals surface area (Å²) in [5, 5.41) is 0. The van der Waals surface area contributed by atoms with Crippen molar-refractivity contribution in [2.24, 2.45) is 0 Å².